The summed E-state index contributed by atoms with van der Waals surface area (Å²) in [6.45, 7) is 0.764. The van der Waals surface area contributed by atoms with E-state index in [-0.39, 0.29) is 17.7 Å². The maximum atomic E-state index is 11.8. The Kier molecular flexibility index (Phi) is 5.29. The Bertz CT molecular complexity index is 667. The van der Waals surface area contributed by atoms with Gasteiger partial charge in [-0.25, -0.2) is 4.79 Å². The van der Waals surface area contributed by atoms with Crippen molar-refractivity contribution < 1.29 is 9.59 Å². The van der Waals surface area contributed by atoms with E-state index in [1.807, 2.05) is 16.0 Å². The minimum atomic E-state index is -0.419. The zero-order valence-electron chi connectivity index (χ0n) is 12.4. The fourth-order valence-corrected chi connectivity index (χ4v) is 3.38. The van der Waals surface area contributed by atoms with Crippen molar-refractivity contribution in [3.8, 4) is 0 Å². The number of nitrogens with one attached hydrogen (secondary N) is 2. The van der Waals surface area contributed by atoms with Gasteiger partial charge in [0, 0.05) is 17.5 Å². The summed E-state index contributed by atoms with van der Waals surface area (Å²) in [5.74, 6) is -0.198. The van der Waals surface area contributed by atoms with Crippen LogP contribution < -0.4 is 10.6 Å². The van der Waals surface area contributed by atoms with Crippen molar-refractivity contribution in [1.29, 1.82) is 0 Å². The van der Waals surface area contributed by atoms with Crippen LogP contribution in [0.5, 0.6) is 0 Å². The minimum Gasteiger partial charge on any atom is -0.335 e. The Balaban J connectivity index is 1.43. The number of thioether (sulfide) groups is 1. The quantitative estimate of drug-likeness (QED) is 0.741. The molecule has 2 N–H and O–H groups in total. The first kappa shape index (κ1) is 16.0. The van der Waals surface area contributed by atoms with E-state index in [0.717, 1.165) is 25.8 Å². The van der Waals surface area contributed by atoms with E-state index in [1.54, 1.807) is 17.7 Å². The van der Waals surface area contributed by atoms with Gasteiger partial charge in [-0.1, -0.05) is 17.8 Å². The second kappa shape index (κ2) is 7.60. The fraction of sp³-hybridized carbons (Fsp3) is 0.429. The van der Waals surface area contributed by atoms with Gasteiger partial charge in [-0.3, -0.25) is 10.1 Å². The number of urea groups is 1. The molecule has 7 nitrogen and oxygen atoms in total. The van der Waals surface area contributed by atoms with Crippen molar-refractivity contribution in [3.63, 3.8) is 0 Å². The van der Waals surface area contributed by atoms with Crippen LogP contribution in [-0.4, -0.2) is 38.5 Å². The van der Waals surface area contributed by atoms with Gasteiger partial charge in [0.1, 0.15) is 6.33 Å². The number of aromatic nitrogens is 3. The summed E-state index contributed by atoms with van der Waals surface area (Å²) in [6.07, 6.45) is 4.54. The molecule has 9 heteroatoms. The molecule has 3 amide bonds. The largest absolute Gasteiger partial charge is 0.335 e. The number of aryl methyl sites for hydroxylation is 2. The predicted molar refractivity (Wildman–Crippen MR) is 88.5 cm³/mol. The third-order valence-corrected chi connectivity index (χ3v) is 5.17. The lowest BCUT2D eigenvalue weighted by atomic mass is 10.3. The monoisotopic (exact) mass is 351 g/mol. The van der Waals surface area contributed by atoms with E-state index >= 15 is 0 Å². The number of amides is 3. The molecular formula is C14H17N5O2S2. The first-order valence-corrected chi connectivity index (χ1v) is 9.20. The van der Waals surface area contributed by atoms with Crippen LogP contribution in [0.4, 0.5) is 4.79 Å². The van der Waals surface area contributed by atoms with Crippen molar-refractivity contribution >= 4 is 35.0 Å². The van der Waals surface area contributed by atoms with Crippen LogP contribution in [0, 0.1) is 0 Å². The molecule has 0 aromatic carbocycles. The van der Waals surface area contributed by atoms with Gasteiger partial charge < -0.3 is 9.88 Å². The second-order valence-electron chi connectivity index (χ2n) is 5.22. The van der Waals surface area contributed by atoms with E-state index in [0.29, 0.717) is 5.16 Å². The molecule has 3 rings (SSSR count). The number of thiophene rings is 1. The molecule has 2 heterocycles. The summed E-state index contributed by atoms with van der Waals surface area (Å²) in [7, 11) is 0. The zero-order chi connectivity index (χ0) is 16.1. The third kappa shape index (κ3) is 5.07. The number of carbonyl (C=O) groups is 2. The van der Waals surface area contributed by atoms with Gasteiger partial charge >= 0.3 is 6.03 Å². The Morgan fingerprint density at radius 3 is 3.04 bits per heavy atom. The van der Waals surface area contributed by atoms with E-state index in [2.05, 4.69) is 26.9 Å². The number of imide groups is 1. The molecule has 122 valence electrons. The average molecular weight is 351 g/mol. The third-order valence-electron chi connectivity index (χ3n) is 3.26. The lowest BCUT2D eigenvalue weighted by molar-refractivity contribution is -0.117. The van der Waals surface area contributed by atoms with Crippen LogP contribution in [0.1, 0.15) is 17.7 Å². The molecule has 0 spiro atoms. The summed E-state index contributed by atoms with van der Waals surface area (Å²) in [5.41, 5.74) is 0. The molecule has 0 saturated heterocycles. The van der Waals surface area contributed by atoms with Gasteiger partial charge in [-0.15, -0.1) is 21.5 Å². The predicted octanol–water partition coefficient (Wildman–Crippen LogP) is 1.66. The lowest BCUT2D eigenvalue weighted by Crippen LogP contribution is -2.41. The second-order valence-corrected chi connectivity index (χ2v) is 7.20. The molecular weight excluding hydrogens is 334 g/mol. The van der Waals surface area contributed by atoms with Gasteiger partial charge in [0.2, 0.25) is 5.91 Å². The zero-order valence-corrected chi connectivity index (χ0v) is 14.0. The van der Waals surface area contributed by atoms with Crippen LogP contribution in [0.25, 0.3) is 0 Å². The number of carbonyl (C=O) groups excluding carboxylic acids is 2. The molecule has 0 unspecified atom stereocenters. The number of hydrogen-bond acceptors (Lipinski definition) is 6. The fourth-order valence-electron chi connectivity index (χ4n) is 1.94. The Labute approximate surface area is 141 Å². The topological polar surface area (TPSA) is 88.9 Å². The number of nitrogens with zero attached hydrogens (tertiary/aromatic N) is 3. The first-order valence-electron chi connectivity index (χ1n) is 7.34. The number of rotatable bonds is 7. The van der Waals surface area contributed by atoms with E-state index in [1.165, 1.54) is 16.6 Å². The van der Waals surface area contributed by atoms with E-state index < -0.39 is 6.03 Å². The Morgan fingerprint density at radius 1 is 1.43 bits per heavy atom. The highest BCUT2D eigenvalue weighted by Gasteiger charge is 2.23. The normalized spacial score (nSPS) is 13.7. The van der Waals surface area contributed by atoms with Crippen molar-refractivity contribution in [2.24, 2.45) is 0 Å². The highest BCUT2D eigenvalue weighted by molar-refractivity contribution is 7.99. The van der Waals surface area contributed by atoms with Crippen LogP contribution in [0.15, 0.2) is 29.0 Å². The molecule has 1 aliphatic rings. The van der Waals surface area contributed by atoms with Crippen LogP contribution in [0.3, 0.4) is 0 Å². The highest BCUT2D eigenvalue weighted by atomic mass is 32.2. The van der Waals surface area contributed by atoms with Crippen molar-refractivity contribution in [2.45, 2.75) is 37.0 Å². The average Bonchev–Trinajstić information content (AvgIpc) is 3.03. The maximum absolute atomic E-state index is 11.8. The van der Waals surface area contributed by atoms with Gasteiger partial charge in [0.05, 0.1) is 5.75 Å². The smallest absolute Gasteiger partial charge is 0.321 e. The summed E-state index contributed by atoms with van der Waals surface area (Å²) in [6, 6.07) is 3.93. The first-order chi connectivity index (χ1) is 11.2. The lowest BCUT2D eigenvalue weighted by Gasteiger charge is -2.06. The van der Waals surface area contributed by atoms with Crippen molar-refractivity contribution in [1.82, 2.24) is 25.4 Å². The number of hydrogen-bond donors (Lipinski definition) is 2. The maximum Gasteiger partial charge on any atom is 0.321 e. The molecule has 0 aliphatic heterocycles. The summed E-state index contributed by atoms with van der Waals surface area (Å²) in [4.78, 5) is 24.5. The molecule has 1 aliphatic carbocycles. The molecule has 2 aromatic heterocycles. The van der Waals surface area contributed by atoms with Crippen LogP contribution in [-0.2, 0) is 17.8 Å². The van der Waals surface area contributed by atoms with Crippen molar-refractivity contribution in [3.05, 3.63) is 28.7 Å². The molecule has 2 aromatic rings. The SMILES string of the molecule is O=C(CSc1nncn1CCc1cccs1)NC(=O)NC1CC1. The van der Waals surface area contributed by atoms with Crippen molar-refractivity contribution in [2.75, 3.05) is 5.75 Å². The molecule has 23 heavy (non-hydrogen) atoms. The van der Waals surface area contributed by atoms with Crippen LogP contribution in [0.2, 0.25) is 0 Å². The van der Waals surface area contributed by atoms with Gasteiger partial charge in [0.25, 0.3) is 0 Å². The van der Waals surface area contributed by atoms with E-state index in [9.17, 15) is 9.59 Å². The minimum absolute atomic E-state index is 0.135. The van der Waals surface area contributed by atoms with Gasteiger partial charge in [-0.05, 0) is 30.7 Å². The molecule has 0 radical (unpaired) electrons. The van der Waals surface area contributed by atoms with Gasteiger partial charge in [-0.2, -0.15) is 0 Å². The summed E-state index contributed by atoms with van der Waals surface area (Å²) in [5, 5.41) is 15.7. The Hall–Kier alpha value is -1.87. The summed E-state index contributed by atoms with van der Waals surface area (Å²) >= 11 is 2.99. The van der Waals surface area contributed by atoms with Crippen LogP contribution >= 0.6 is 23.1 Å². The van der Waals surface area contributed by atoms with E-state index in [4.69, 9.17) is 0 Å². The standard InChI is InChI=1S/C14H17N5O2S2/c20-12(17-13(21)16-10-3-4-10)8-23-14-18-15-9-19(14)6-5-11-2-1-7-22-11/h1-2,7,9-10H,3-6,8H2,(H2,16,17,20,21). The Morgan fingerprint density at radius 2 is 2.30 bits per heavy atom. The summed E-state index contributed by atoms with van der Waals surface area (Å²) < 4.78 is 1.92. The molecule has 0 bridgehead atoms. The van der Waals surface area contributed by atoms with Gasteiger partial charge in [0.15, 0.2) is 5.16 Å². The molecule has 0 atom stereocenters. The molecule has 1 saturated carbocycles. The highest BCUT2D eigenvalue weighted by Crippen LogP contribution is 2.18. The molecule has 1 fully saturated rings.